The summed E-state index contributed by atoms with van der Waals surface area (Å²) >= 11 is 4.97. The van der Waals surface area contributed by atoms with Gasteiger partial charge in [-0.1, -0.05) is 0 Å². The number of hydrogen-bond donors (Lipinski definition) is 1. The number of H-pyrrole nitrogens is 1. The molecule has 0 fully saturated rings. The largest absolute Gasteiger partial charge is 0.313 e. The van der Waals surface area contributed by atoms with Crippen LogP contribution in [0.3, 0.4) is 0 Å². The van der Waals surface area contributed by atoms with Crippen molar-refractivity contribution in [3.63, 3.8) is 0 Å². The predicted molar refractivity (Wildman–Crippen MR) is 62.7 cm³/mol. The smallest absolute Gasteiger partial charge is 0.259 e. The van der Waals surface area contributed by atoms with Gasteiger partial charge in [-0.05, 0) is 44.6 Å². The molecule has 0 atom stereocenters. The molecule has 0 aliphatic heterocycles. The molecular formula is C8H3BrFIN2O. The van der Waals surface area contributed by atoms with Crippen molar-refractivity contribution in [2.24, 2.45) is 0 Å². The van der Waals surface area contributed by atoms with Gasteiger partial charge in [0, 0.05) is 3.57 Å². The van der Waals surface area contributed by atoms with Crippen LogP contribution in [0.25, 0.3) is 10.9 Å². The number of aromatic amines is 1. The Morgan fingerprint density at radius 3 is 3.00 bits per heavy atom. The number of hydrogen-bond acceptors (Lipinski definition) is 2. The first-order valence-electron chi connectivity index (χ1n) is 3.62. The molecule has 0 unspecified atom stereocenters. The molecule has 0 aliphatic carbocycles. The summed E-state index contributed by atoms with van der Waals surface area (Å²) in [5, 5.41) is 0.247. The second-order valence-corrected chi connectivity index (χ2v) is 4.56. The lowest BCUT2D eigenvalue weighted by Crippen LogP contribution is -2.08. The molecule has 0 saturated heterocycles. The average molecular weight is 369 g/mol. The van der Waals surface area contributed by atoms with Crippen LogP contribution < -0.4 is 5.56 Å². The van der Waals surface area contributed by atoms with Gasteiger partial charge in [-0.3, -0.25) is 4.79 Å². The normalized spacial score (nSPS) is 10.8. The monoisotopic (exact) mass is 368 g/mol. The molecule has 0 saturated carbocycles. The van der Waals surface area contributed by atoms with E-state index in [1.165, 1.54) is 12.4 Å². The first kappa shape index (κ1) is 10.0. The Labute approximate surface area is 100 Å². The Bertz CT molecular complexity index is 569. The topological polar surface area (TPSA) is 45.8 Å². The SMILES string of the molecule is O=c1[nH]cnc2c(I)cc(F)c(Br)c12. The molecule has 0 aliphatic rings. The number of benzene rings is 1. The van der Waals surface area contributed by atoms with Gasteiger partial charge < -0.3 is 4.98 Å². The van der Waals surface area contributed by atoms with E-state index < -0.39 is 5.82 Å². The highest BCUT2D eigenvalue weighted by Crippen LogP contribution is 2.26. The van der Waals surface area contributed by atoms with Gasteiger partial charge in [0.2, 0.25) is 0 Å². The maximum atomic E-state index is 13.3. The summed E-state index contributed by atoms with van der Waals surface area (Å²) in [6.07, 6.45) is 1.30. The summed E-state index contributed by atoms with van der Waals surface area (Å²) in [6, 6.07) is 1.33. The summed E-state index contributed by atoms with van der Waals surface area (Å²) in [5.74, 6) is -0.458. The lowest BCUT2D eigenvalue weighted by atomic mass is 10.2. The number of aromatic nitrogens is 2. The van der Waals surface area contributed by atoms with Gasteiger partial charge in [0.15, 0.2) is 0 Å². The Morgan fingerprint density at radius 2 is 2.29 bits per heavy atom. The molecule has 0 radical (unpaired) electrons. The van der Waals surface area contributed by atoms with Crippen LogP contribution in [0.5, 0.6) is 0 Å². The molecule has 0 bridgehead atoms. The zero-order chi connectivity index (χ0) is 10.3. The molecule has 2 aromatic rings. The van der Waals surface area contributed by atoms with Crippen LogP contribution in [0.15, 0.2) is 21.7 Å². The highest BCUT2D eigenvalue weighted by Gasteiger charge is 2.12. The van der Waals surface area contributed by atoms with Gasteiger partial charge in [-0.15, -0.1) is 0 Å². The van der Waals surface area contributed by atoms with E-state index in [1.807, 2.05) is 22.6 Å². The average Bonchev–Trinajstić information content (AvgIpc) is 2.14. The molecule has 1 heterocycles. The molecule has 1 aromatic heterocycles. The summed E-state index contributed by atoms with van der Waals surface area (Å²) in [5.41, 5.74) is 0.155. The van der Waals surface area contributed by atoms with Crippen molar-refractivity contribution in [3.8, 4) is 0 Å². The van der Waals surface area contributed by atoms with Crippen LogP contribution in [0, 0.1) is 9.39 Å². The minimum absolute atomic E-state index is 0.155. The summed E-state index contributed by atoms with van der Waals surface area (Å²) in [4.78, 5) is 17.8. The van der Waals surface area contributed by atoms with E-state index in [1.54, 1.807) is 0 Å². The van der Waals surface area contributed by atoms with Gasteiger partial charge in [0.25, 0.3) is 5.56 Å². The number of rotatable bonds is 0. The molecule has 1 aromatic carbocycles. The summed E-state index contributed by atoms with van der Waals surface area (Å²) in [6.45, 7) is 0. The maximum absolute atomic E-state index is 13.3. The van der Waals surface area contributed by atoms with Gasteiger partial charge >= 0.3 is 0 Å². The summed E-state index contributed by atoms with van der Waals surface area (Å²) < 4.78 is 14.0. The van der Waals surface area contributed by atoms with Crippen LogP contribution in [0.4, 0.5) is 4.39 Å². The molecule has 0 spiro atoms. The second-order valence-electron chi connectivity index (χ2n) is 2.61. The zero-order valence-electron chi connectivity index (χ0n) is 6.64. The maximum Gasteiger partial charge on any atom is 0.259 e. The lowest BCUT2D eigenvalue weighted by molar-refractivity contribution is 0.622. The Balaban J connectivity index is 3.11. The van der Waals surface area contributed by atoms with Crippen LogP contribution in [0.2, 0.25) is 0 Å². The van der Waals surface area contributed by atoms with Gasteiger partial charge in [0.05, 0.1) is 21.7 Å². The molecule has 72 valence electrons. The van der Waals surface area contributed by atoms with Crippen molar-refractivity contribution in [3.05, 3.63) is 36.6 Å². The van der Waals surface area contributed by atoms with Crippen LogP contribution in [-0.4, -0.2) is 9.97 Å². The van der Waals surface area contributed by atoms with E-state index in [2.05, 4.69) is 25.9 Å². The quantitative estimate of drug-likeness (QED) is 0.573. The van der Waals surface area contributed by atoms with Crippen LogP contribution in [0.1, 0.15) is 0 Å². The number of halogens is 3. The van der Waals surface area contributed by atoms with E-state index >= 15 is 0 Å². The minimum atomic E-state index is -0.458. The molecule has 1 N–H and O–H groups in total. The molecule has 14 heavy (non-hydrogen) atoms. The molecule has 6 heteroatoms. The Hall–Kier alpha value is -0.500. The van der Waals surface area contributed by atoms with E-state index in [4.69, 9.17) is 0 Å². The van der Waals surface area contributed by atoms with E-state index in [0.717, 1.165) is 0 Å². The third kappa shape index (κ3) is 1.46. The standard InChI is InChI=1S/C8H3BrFIN2O/c9-6-3(10)1-4(11)7-5(6)8(14)13-2-12-7/h1-2H,(H,12,13,14). The van der Waals surface area contributed by atoms with Crippen molar-refractivity contribution >= 4 is 49.4 Å². The first-order chi connectivity index (χ1) is 6.61. The fourth-order valence-electron chi connectivity index (χ4n) is 1.15. The van der Waals surface area contributed by atoms with Gasteiger partial charge in [-0.25, -0.2) is 9.37 Å². The Morgan fingerprint density at radius 1 is 1.57 bits per heavy atom. The van der Waals surface area contributed by atoms with Crippen LogP contribution >= 0.6 is 38.5 Å². The lowest BCUT2D eigenvalue weighted by Gasteiger charge is -2.01. The highest BCUT2D eigenvalue weighted by atomic mass is 127. The van der Waals surface area contributed by atoms with E-state index in [0.29, 0.717) is 9.09 Å². The fourth-order valence-corrected chi connectivity index (χ4v) is 2.31. The fraction of sp³-hybridized carbons (Fsp3) is 0. The molecule has 0 amide bonds. The van der Waals surface area contributed by atoms with Gasteiger partial charge in [-0.2, -0.15) is 0 Å². The molecular weight excluding hydrogens is 366 g/mol. The van der Waals surface area contributed by atoms with Crippen molar-refractivity contribution in [2.45, 2.75) is 0 Å². The van der Waals surface area contributed by atoms with Crippen molar-refractivity contribution in [1.29, 1.82) is 0 Å². The number of nitrogens with one attached hydrogen (secondary N) is 1. The second kappa shape index (κ2) is 3.58. The predicted octanol–water partition coefficient (Wildman–Crippen LogP) is 2.43. The summed E-state index contributed by atoms with van der Waals surface area (Å²) in [7, 11) is 0. The highest BCUT2D eigenvalue weighted by molar-refractivity contribution is 14.1. The molecule has 3 nitrogen and oxygen atoms in total. The third-order valence-corrected chi connectivity index (χ3v) is 3.36. The third-order valence-electron chi connectivity index (χ3n) is 1.76. The van der Waals surface area contributed by atoms with Gasteiger partial charge in [0.1, 0.15) is 5.82 Å². The van der Waals surface area contributed by atoms with Crippen molar-refractivity contribution < 1.29 is 4.39 Å². The van der Waals surface area contributed by atoms with E-state index in [9.17, 15) is 9.18 Å². The van der Waals surface area contributed by atoms with Crippen molar-refractivity contribution in [1.82, 2.24) is 9.97 Å². The minimum Gasteiger partial charge on any atom is -0.313 e. The number of nitrogens with zero attached hydrogens (tertiary/aromatic N) is 1. The Kier molecular flexibility index (Phi) is 2.56. The van der Waals surface area contributed by atoms with E-state index in [-0.39, 0.29) is 15.4 Å². The first-order valence-corrected chi connectivity index (χ1v) is 5.49. The van der Waals surface area contributed by atoms with Crippen LogP contribution in [-0.2, 0) is 0 Å². The van der Waals surface area contributed by atoms with Crippen molar-refractivity contribution in [2.75, 3.05) is 0 Å². The molecule has 2 rings (SSSR count). The zero-order valence-corrected chi connectivity index (χ0v) is 10.4. The number of fused-ring (bicyclic) bond motifs is 1.